The van der Waals surface area contributed by atoms with E-state index in [4.69, 9.17) is 0 Å². The zero-order valence-electron chi connectivity index (χ0n) is 11.4. The highest BCUT2D eigenvalue weighted by molar-refractivity contribution is 5.91. The van der Waals surface area contributed by atoms with E-state index in [1.807, 2.05) is 5.01 Å². The van der Waals surface area contributed by atoms with Gasteiger partial charge in [0.05, 0.1) is 0 Å². The van der Waals surface area contributed by atoms with E-state index in [-0.39, 0.29) is 5.91 Å². The summed E-state index contributed by atoms with van der Waals surface area (Å²) in [6.45, 7) is 4.76. The number of piperidine rings is 1. The summed E-state index contributed by atoms with van der Waals surface area (Å²) in [6.07, 6.45) is 4.53. The SMILES string of the molecule is CCCNc1ccc(C(=O)NN2CCCCC2)nn1. The van der Waals surface area contributed by atoms with Crippen molar-refractivity contribution >= 4 is 11.7 Å². The van der Waals surface area contributed by atoms with Crippen LogP contribution in [-0.2, 0) is 0 Å². The number of amides is 1. The van der Waals surface area contributed by atoms with Gasteiger partial charge in [0, 0.05) is 19.6 Å². The first-order chi connectivity index (χ1) is 9.29. The van der Waals surface area contributed by atoms with E-state index in [1.165, 1.54) is 6.42 Å². The zero-order chi connectivity index (χ0) is 13.5. The van der Waals surface area contributed by atoms with Gasteiger partial charge in [-0.15, -0.1) is 10.2 Å². The molecule has 0 atom stereocenters. The number of carbonyl (C=O) groups excluding carboxylic acids is 1. The van der Waals surface area contributed by atoms with Crippen molar-refractivity contribution in [2.45, 2.75) is 32.6 Å². The molecule has 2 N–H and O–H groups in total. The highest BCUT2D eigenvalue weighted by Crippen LogP contribution is 2.07. The molecule has 0 aromatic carbocycles. The Labute approximate surface area is 113 Å². The molecule has 0 saturated carbocycles. The third-order valence-electron chi connectivity index (χ3n) is 3.07. The van der Waals surface area contributed by atoms with Crippen molar-refractivity contribution in [1.82, 2.24) is 20.6 Å². The predicted molar refractivity (Wildman–Crippen MR) is 73.7 cm³/mol. The summed E-state index contributed by atoms with van der Waals surface area (Å²) in [7, 11) is 0. The Kier molecular flexibility index (Phi) is 5.09. The lowest BCUT2D eigenvalue weighted by Gasteiger charge is -2.26. The fraction of sp³-hybridized carbons (Fsp3) is 0.615. The maximum Gasteiger partial charge on any atom is 0.286 e. The summed E-state index contributed by atoms with van der Waals surface area (Å²) >= 11 is 0. The van der Waals surface area contributed by atoms with E-state index < -0.39 is 0 Å². The Morgan fingerprint density at radius 3 is 2.68 bits per heavy atom. The van der Waals surface area contributed by atoms with Gasteiger partial charge in [-0.25, -0.2) is 5.01 Å². The molecule has 1 aliphatic heterocycles. The van der Waals surface area contributed by atoms with Crippen molar-refractivity contribution in [2.75, 3.05) is 25.0 Å². The largest absolute Gasteiger partial charge is 0.369 e. The quantitative estimate of drug-likeness (QED) is 0.841. The smallest absolute Gasteiger partial charge is 0.286 e. The van der Waals surface area contributed by atoms with Crippen LogP contribution in [0.25, 0.3) is 0 Å². The second kappa shape index (κ2) is 7.04. The average molecular weight is 263 g/mol. The highest BCUT2D eigenvalue weighted by atomic mass is 16.2. The topological polar surface area (TPSA) is 70.2 Å². The van der Waals surface area contributed by atoms with Gasteiger partial charge >= 0.3 is 0 Å². The maximum atomic E-state index is 12.0. The Morgan fingerprint density at radius 2 is 2.05 bits per heavy atom. The number of nitrogens with one attached hydrogen (secondary N) is 2. The molecule has 0 unspecified atom stereocenters. The van der Waals surface area contributed by atoms with Crippen molar-refractivity contribution in [1.29, 1.82) is 0 Å². The van der Waals surface area contributed by atoms with Crippen LogP contribution in [0.1, 0.15) is 43.1 Å². The Hall–Kier alpha value is -1.69. The molecular weight excluding hydrogens is 242 g/mol. The minimum Gasteiger partial charge on any atom is -0.369 e. The normalized spacial score (nSPS) is 16.1. The number of carbonyl (C=O) groups is 1. The van der Waals surface area contributed by atoms with Crippen LogP contribution in [0.4, 0.5) is 5.82 Å². The lowest BCUT2D eigenvalue weighted by Crippen LogP contribution is -2.45. The van der Waals surface area contributed by atoms with E-state index in [0.717, 1.165) is 38.9 Å². The first-order valence-electron chi connectivity index (χ1n) is 6.93. The van der Waals surface area contributed by atoms with E-state index >= 15 is 0 Å². The van der Waals surface area contributed by atoms with Crippen LogP contribution in [0.2, 0.25) is 0 Å². The van der Waals surface area contributed by atoms with Gasteiger partial charge in [-0.3, -0.25) is 10.2 Å². The van der Waals surface area contributed by atoms with E-state index in [0.29, 0.717) is 11.5 Å². The van der Waals surface area contributed by atoms with Crippen LogP contribution in [0.5, 0.6) is 0 Å². The van der Waals surface area contributed by atoms with Gasteiger partial charge < -0.3 is 5.32 Å². The van der Waals surface area contributed by atoms with E-state index in [9.17, 15) is 4.79 Å². The summed E-state index contributed by atoms with van der Waals surface area (Å²) in [5.41, 5.74) is 3.22. The molecule has 2 heterocycles. The Bertz CT molecular complexity index is 400. The Morgan fingerprint density at radius 1 is 1.26 bits per heavy atom. The monoisotopic (exact) mass is 263 g/mol. The second-order valence-corrected chi connectivity index (χ2v) is 4.72. The third kappa shape index (κ3) is 4.17. The van der Waals surface area contributed by atoms with Gasteiger partial charge in [-0.1, -0.05) is 13.3 Å². The van der Waals surface area contributed by atoms with Gasteiger partial charge in [0.25, 0.3) is 5.91 Å². The summed E-state index contributed by atoms with van der Waals surface area (Å²) in [5, 5.41) is 13.0. The molecule has 1 aromatic rings. The predicted octanol–water partition coefficient (Wildman–Crippen LogP) is 1.43. The van der Waals surface area contributed by atoms with Gasteiger partial charge in [-0.2, -0.15) is 0 Å². The molecule has 0 radical (unpaired) electrons. The molecule has 19 heavy (non-hydrogen) atoms. The van der Waals surface area contributed by atoms with Crippen LogP contribution in [0.15, 0.2) is 12.1 Å². The van der Waals surface area contributed by atoms with Crippen molar-refractivity contribution in [2.24, 2.45) is 0 Å². The fourth-order valence-corrected chi connectivity index (χ4v) is 2.01. The lowest BCUT2D eigenvalue weighted by molar-refractivity contribution is 0.0743. The average Bonchev–Trinajstić information content (AvgIpc) is 2.46. The molecule has 1 aromatic heterocycles. The third-order valence-corrected chi connectivity index (χ3v) is 3.07. The second-order valence-electron chi connectivity index (χ2n) is 4.72. The summed E-state index contributed by atoms with van der Waals surface area (Å²) in [4.78, 5) is 12.0. The van der Waals surface area contributed by atoms with Crippen LogP contribution >= 0.6 is 0 Å². The van der Waals surface area contributed by atoms with Gasteiger partial charge in [0.15, 0.2) is 5.69 Å². The van der Waals surface area contributed by atoms with E-state index in [1.54, 1.807) is 12.1 Å². The molecule has 6 nitrogen and oxygen atoms in total. The number of hydrogen-bond donors (Lipinski definition) is 2. The number of anilines is 1. The molecule has 0 spiro atoms. The first-order valence-corrected chi connectivity index (χ1v) is 6.93. The summed E-state index contributed by atoms with van der Waals surface area (Å²) in [5.74, 6) is 0.521. The number of rotatable bonds is 5. The minimum absolute atomic E-state index is 0.184. The minimum atomic E-state index is -0.184. The Balaban J connectivity index is 1.87. The van der Waals surface area contributed by atoms with Crippen LogP contribution < -0.4 is 10.7 Å². The molecule has 0 bridgehead atoms. The first kappa shape index (κ1) is 13.7. The van der Waals surface area contributed by atoms with Crippen molar-refractivity contribution in [3.63, 3.8) is 0 Å². The van der Waals surface area contributed by atoms with Crippen molar-refractivity contribution in [3.8, 4) is 0 Å². The summed E-state index contributed by atoms with van der Waals surface area (Å²) < 4.78 is 0. The highest BCUT2D eigenvalue weighted by Gasteiger charge is 2.15. The van der Waals surface area contributed by atoms with Crippen molar-refractivity contribution < 1.29 is 4.79 Å². The maximum absolute atomic E-state index is 12.0. The molecule has 1 saturated heterocycles. The molecule has 104 valence electrons. The molecule has 1 fully saturated rings. The zero-order valence-corrected chi connectivity index (χ0v) is 11.4. The van der Waals surface area contributed by atoms with Gasteiger partial charge in [-0.05, 0) is 31.4 Å². The van der Waals surface area contributed by atoms with Gasteiger partial charge in [0.2, 0.25) is 0 Å². The molecule has 2 rings (SSSR count). The van der Waals surface area contributed by atoms with Crippen molar-refractivity contribution in [3.05, 3.63) is 17.8 Å². The van der Waals surface area contributed by atoms with Crippen LogP contribution in [0, 0.1) is 0 Å². The van der Waals surface area contributed by atoms with Gasteiger partial charge in [0.1, 0.15) is 5.82 Å². The standard InChI is InChI=1S/C13H21N5O/c1-2-8-14-12-7-6-11(15-16-12)13(19)17-18-9-4-3-5-10-18/h6-7H,2-5,8-10H2,1H3,(H,14,16)(H,17,19). The molecule has 1 aliphatic rings. The number of nitrogens with zero attached hydrogens (tertiary/aromatic N) is 3. The number of aromatic nitrogens is 2. The van der Waals surface area contributed by atoms with E-state index in [2.05, 4.69) is 27.9 Å². The molecular formula is C13H21N5O. The number of hydrazine groups is 1. The molecule has 0 aliphatic carbocycles. The fourth-order valence-electron chi connectivity index (χ4n) is 2.01. The van der Waals surface area contributed by atoms with Crippen LogP contribution in [-0.4, -0.2) is 40.7 Å². The molecule has 1 amide bonds. The lowest BCUT2D eigenvalue weighted by atomic mass is 10.2. The number of hydrogen-bond acceptors (Lipinski definition) is 5. The van der Waals surface area contributed by atoms with Crippen LogP contribution in [0.3, 0.4) is 0 Å². The molecule has 6 heteroatoms. The summed E-state index contributed by atoms with van der Waals surface area (Å²) in [6, 6.07) is 3.48.